The van der Waals surface area contributed by atoms with Crippen LogP contribution >= 0.6 is 0 Å². The van der Waals surface area contributed by atoms with Crippen LogP contribution < -0.4 is 0 Å². The molecule has 0 saturated heterocycles. The minimum Gasteiger partial charge on any atom is -0.457 e. The summed E-state index contributed by atoms with van der Waals surface area (Å²) in [5.74, 6) is 1.86. The van der Waals surface area contributed by atoms with Crippen LogP contribution in [0.5, 0.6) is 0 Å². The maximum atomic E-state index is 11.7. The minimum atomic E-state index is -0.392. The first-order valence-corrected chi connectivity index (χ1v) is 6.45. The molecule has 0 heterocycles. The molecule has 2 saturated carbocycles. The van der Waals surface area contributed by atoms with Gasteiger partial charge in [-0.25, -0.2) is 4.79 Å². The van der Waals surface area contributed by atoms with Gasteiger partial charge in [0.15, 0.2) is 0 Å². The van der Waals surface area contributed by atoms with E-state index in [4.69, 9.17) is 4.74 Å². The van der Waals surface area contributed by atoms with Crippen molar-refractivity contribution in [2.75, 3.05) is 0 Å². The van der Waals surface area contributed by atoms with Gasteiger partial charge in [0.05, 0.1) is 0 Å². The zero-order valence-corrected chi connectivity index (χ0v) is 11.0. The number of hydrogen-bond donors (Lipinski definition) is 0. The molecule has 3 atom stereocenters. The molecule has 2 fully saturated rings. The van der Waals surface area contributed by atoms with Crippen LogP contribution in [0.3, 0.4) is 0 Å². The summed E-state index contributed by atoms with van der Waals surface area (Å²) in [5, 5.41) is 0. The molecule has 0 bridgehead atoms. The van der Waals surface area contributed by atoms with Crippen molar-refractivity contribution in [1.29, 1.82) is 0 Å². The van der Waals surface area contributed by atoms with Crippen LogP contribution in [0.1, 0.15) is 40.0 Å². The number of esters is 1. The van der Waals surface area contributed by atoms with Gasteiger partial charge in [-0.2, -0.15) is 0 Å². The maximum Gasteiger partial charge on any atom is 0.331 e. The Morgan fingerprint density at radius 2 is 2.12 bits per heavy atom. The van der Waals surface area contributed by atoms with Gasteiger partial charge in [0.1, 0.15) is 5.60 Å². The molecule has 0 aliphatic heterocycles. The summed E-state index contributed by atoms with van der Waals surface area (Å²) in [5.41, 5.74) is 0.893. The van der Waals surface area contributed by atoms with Crippen molar-refractivity contribution in [3.8, 4) is 0 Å². The van der Waals surface area contributed by atoms with Crippen LogP contribution in [0, 0.1) is 17.8 Å². The molecule has 2 aliphatic rings. The van der Waals surface area contributed by atoms with Gasteiger partial charge in [-0.05, 0) is 57.8 Å². The Morgan fingerprint density at radius 1 is 1.41 bits per heavy atom. The van der Waals surface area contributed by atoms with Gasteiger partial charge >= 0.3 is 5.97 Å². The molecule has 2 nitrogen and oxygen atoms in total. The SMILES string of the molecule is C=C[C@@H]1C[C@@H]2C/C(=C/C(=O)OC(C)(C)C)[C@@H]2C1. The summed E-state index contributed by atoms with van der Waals surface area (Å²) < 4.78 is 5.31. The predicted octanol–water partition coefficient (Wildman–Crippen LogP) is 3.49. The van der Waals surface area contributed by atoms with Crippen molar-refractivity contribution in [1.82, 2.24) is 0 Å². The lowest BCUT2D eigenvalue weighted by Gasteiger charge is -2.34. The van der Waals surface area contributed by atoms with E-state index in [1.54, 1.807) is 6.08 Å². The van der Waals surface area contributed by atoms with Crippen molar-refractivity contribution in [2.45, 2.75) is 45.6 Å². The Bertz CT molecular complexity index is 360. The van der Waals surface area contributed by atoms with Crippen LogP contribution in [-0.4, -0.2) is 11.6 Å². The lowest BCUT2D eigenvalue weighted by molar-refractivity contribution is -0.148. The Morgan fingerprint density at radius 3 is 2.71 bits per heavy atom. The summed E-state index contributed by atoms with van der Waals surface area (Å²) in [6, 6.07) is 0. The first-order chi connectivity index (χ1) is 7.89. The molecule has 2 heteroatoms. The first-order valence-electron chi connectivity index (χ1n) is 6.45. The molecule has 2 rings (SSSR count). The topological polar surface area (TPSA) is 26.3 Å². The van der Waals surface area contributed by atoms with E-state index in [1.165, 1.54) is 18.4 Å². The molecule has 0 amide bonds. The van der Waals surface area contributed by atoms with Crippen molar-refractivity contribution >= 4 is 5.97 Å². The van der Waals surface area contributed by atoms with Gasteiger partial charge in [0.25, 0.3) is 0 Å². The number of hydrogen-bond acceptors (Lipinski definition) is 2. The quantitative estimate of drug-likeness (QED) is 0.415. The van der Waals surface area contributed by atoms with E-state index in [9.17, 15) is 4.79 Å². The Kier molecular flexibility index (Phi) is 3.15. The van der Waals surface area contributed by atoms with Crippen molar-refractivity contribution < 1.29 is 9.53 Å². The molecule has 0 aromatic carbocycles. The van der Waals surface area contributed by atoms with Crippen LogP contribution in [-0.2, 0) is 9.53 Å². The second-order valence-corrected chi connectivity index (χ2v) is 6.29. The number of carbonyl (C=O) groups is 1. The number of fused-ring (bicyclic) bond motifs is 1. The van der Waals surface area contributed by atoms with E-state index < -0.39 is 5.60 Å². The van der Waals surface area contributed by atoms with Crippen LogP contribution in [0.15, 0.2) is 24.3 Å². The first kappa shape index (κ1) is 12.4. The van der Waals surface area contributed by atoms with Crippen LogP contribution in [0.25, 0.3) is 0 Å². The van der Waals surface area contributed by atoms with Crippen molar-refractivity contribution in [2.24, 2.45) is 17.8 Å². The van der Waals surface area contributed by atoms with E-state index in [1.807, 2.05) is 20.8 Å². The normalized spacial score (nSPS) is 34.1. The van der Waals surface area contributed by atoms with E-state index in [-0.39, 0.29) is 5.97 Å². The molecule has 17 heavy (non-hydrogen) atoms. The molecule has 0 spiro atoms. The van der Waals surface area contributed by atoms with Gasteiger partial charge in [-0.3, -0.25) is 0 Å². The summed E-state index contributed by atoms with van der Waals surface area (Å²) in [7, 11) is 0. The second-order valence-electron chi connectivity index (χ2n) is 6.29. The molecule has 94 valence electrons. The third kappa shape index (κ3) is 2.80. The fraction of sp³-hybridized carbons (Fsp3) is 0.667. The van der Waals surface area contributed by atoms with Gasteiger partial charge in [-0.15, -0.1) is 6.58 Å². The molecule has 0 radical (unpaired) electrons. The van der Waals surface area contributed by atoms with E-state index >= 15 is 0 Å². The Hall–Kier alpha value is -1.05. The molecule has 0 aromatic heterocycles. The van der Waals surface area contributed by atoms with Gasteiger partial charge in [-0.1, -0.05) is 11.6 Å². The van der Waals surface area contributed by atoms with Crippen molar-refractivity contribution in [3.05, 3.63) is 24.3 Å². The molecule has 0 unspecified atom stereocenters. The van der Waals surface area contributed by atoms with Gasteiger partial charge in [0, 0.05) is 6.08 Å². The fourth-order valence-corrected chi connectivity index (χ4v) is 2.98. The lowest BCUT2D eigenvalue weighted by atomic mass is 9.71. The highest BCUT2D eigenvalue weighted by molar-refractivity contribution is 5.83. The van der Waals surface area contributed by atoms with Gasteiger partial charge < -0.3 is 4.74 Å². The second kappa shape index (κ2) is 4.32. The third-order valence-corrected chi connectivity index (χ3v) is 3.75. The predicted molar refractivity (Wildman–Crippen MR) is 68.4 cm³/mol. The number of ether oxygens (including phenoxy) is 1. The monoisotopic (exact) mass is 234 g/mol. The molecular weight excluding hydrogens is 212 g/mol. The molecule has 2 aliphatic carbocycles. The average Bonchev–Trinajstić information content (AvgIpc) is 2.49. The van der Waals surface area contributed by atoms with E-state index in [0.717, 1.165) is 12.3 Å². The summed E-state index contributed by atoms with van der Waals surface area (Å²) in [4.78, 5) is 11.7. The molecule has 0 aromatic rings. The molecular formula is C15H22O2. The minimum absolute atomic E-state index is 0.187. The fourth-order valence-electron chi connectivity index (χ4n) is 2.98. The molecule has 0 N–H and O–H groups in total. The standard InChI is InChI=1S/C15H22O2/c1-5-10-6-11-8-12(13(11)7-10)9-14(16)17-15(2,3)4/h5,9-11,13H,1,6-8H2,2-4H3/b12-9-/t10-,11-,13-/m1/s1. The Balaban J connectivity index is 1.93. The van der Waals surface area contributed by atoms with Gasteiger partial charge in [0.2, 0.25) is 0 Å². The Labute approximate surface area is 104 Å². The highest BCUT2D eigenvalue weighted by atomic mass is 16.6. The highest BCUT2D eigenvalue weighted by Gasteiger charge is 2.43. The number of allylic oxidation sites excluding steroid dienone is 2. The van der Waals surface area contributed by atoms with Crippen LogP contribution in [0.4, 0.5) is 0 Å². The third-order valence-electron chi connectivity index (χ3n) is 3.75. The lowest BCUT2D eigenvalue weighted by Crippen LogP contribution is -2.27. The van der Waals surface area contributed by atoms with E-state index in [0.29, 0.717) is 11.8 Å². The maximum absolute atomic E-state index is 11.7. The van der Waals surface area contributed by atoms with Crippen molar-refractivity contribution in [3.63, 3.8) is 0 Å². The number of rotatable bonds is 2. The summed E-state index contributed by atoms with van der Waals surface area (Å²) in [6.45, 7) is 9.56. The largest absolute Gasteiger partial charge is 0.457 e. The highest BCUT2D eigenvalue weighted by Crippen LogP contribution is 2.53. The van der Waals surface area contributed by atoms with Crippen LogP contribution in [0.2, 0.25) is 0 Å². The zero-order valence-electron chi connectivity index (χ0n) is 11.0. The summed E-state index contributed by atoms with van der Waals surface area (Å²) >= 11 is 0. The van der Waals surface area contributed by atoms with E-state index in [2.05, 4.69) is 12.7 Å². The number of carbonyl (C=O) groups excluding carboxylic acids is 1. The smallest absolute Gasteiger partial charge is 0.331 e. The average molecular weight is 234 g/mol. The summed E-state index contributed by atoms with van der Waals surface area (Å²) in [6.07, 6.45) is 7.28. The zero-order chi connectivity index (χ0) is 12.6.